The molecule has 0 amide bonds. The maximum absolute atomic E-state index is 11.3. The first-order chi connectivity index (χ1) is 5.49. The molecular weight excluding hydrogens is 241 g/mol. The van der Waals surface area contributed by atoms with Crippen molar-refractivity contribution in [1.29, 1.82) is 0 Å². The zero-order valence-electron chi connectivity index (χ0n) is 7.74. The third kappa shape index (κ3) is 4.11. The molecule has 0 rings (SSSR count). The van der Waals surface area contributed by atoms with Gasteiger partial charge in [0.25, 0.3) is 0 Å². The van der Waals surface area contributed by atoms with Gasteiger partial charge in [0.1, 0.15) is 0 Å². The van der Waals surface area contributed by atoms with Crippen LogP contribution in [0.15, 0.2) is 0 Å². The fourth-order valence-electron chi connectivity index (χ4n) is 0.631. The van der Waals surface area contributed by atoms with Crippen molar-refractivity contribution < 1.29 is 27.9 Å². The summed E-state index contributed by atoms with van der Waals surface area (Å²) in [6.45, 7) is 5.50. The molecular formula is C9H15O2Ru. The standard InChI is InChI=1S/C9H15O2.Ru/c1-6(2)8(10)5-9(11)7(3)4;/h6-7H,1,5H2,2-4H3;. The van der Waals surface area contributed by atoms with E-state index in [1.165, 1.54) is 0 Å². The van der Waals surface area contributed by atoms with Crippen LogP contribution in [0.1, 0.15) is 27.2 Å². The summed E-state index contributed by atoms with van der Waals surface area (Å²) in [6, 6.07) is 0. The van der Waals surface area contributed by atoms with Crippen LogP contribution in [0.4, 0.5) is 0 Å². The van der Waals surface area contributed by atoms with E-state index in [9.17, 15) is 9.59 Å². The Morgan fingerprint density at radius 1 is 1.17 bits per heavy atom. The Labute approximate surface area is 83.8 Å². The van der Waals surface area contributed by atoms with Gasteiger partial charge in [0.05, 0.1) is 0 Å². The van der Waals surface area contributed by atoms with Crippen LogP contribution in [0.2, 0.25) is 5.02 Å². The fraction of sp³-hybridized carbons (Fsp3) is 0.778. The van der Waals surface area contributed by atoms with Gasteiger partial charge in [-0.1, -0.05) is 0 Å². The van der Waals surface area contributed by atoms with Crippen molar-refractivity contribution in [3.05, 3.63) is 0 Å². The number of Topliss-reactive ketones (excluding diaryl/α,β-unsaturated/α-hetero) is 2. The molecule has 0 aliphatic rings. The first-order valence-corrected chi connectivity index (χ1v) is 5.31. The van der Waals surface area contributed by atoms with Gasteiger partial charge in [0, 0.05) is 0 Å². The summed E-state index contributed by atoms with van der Waals surface area (Å²) >= 11 is 2.43. The van der Waals surface area contributed by atoms with Gasteiger partial charge < -0.3 is 0 Å². The molecule has 3 heteroatoms. The topological polar surface area (TPSA) is 34.1 Å². The first-order valence-electron chi connectivity index (χ1n) is 4.08. The number of carbonyl (C=O) groups excluding carboxylic acids is 2. The molecule has 2 nitrogen and oxygen atoms in total. The molecule has 0 saturated carbocycles. The van der Waals surface area contributed by atoms with Crippen molar-refractivity contribution in [3.63, 3.8) is 0 Å². The van der Waals surface area contributed by atoms with Gasteiger partial charge in [-0.3, -0.25) is 0 Å². The van der Waals surface area contributed by atoms with E-state index in [1.807, 2.05) is 20.8 Å². The van der Waals surface area contributed by atoms with E-state index in [0.717, 1.165) is 5.02 Å². The molecule has 0 spiro atoms. The Hall–Kier alpha value is -0.0366. The van der Waals surface area contributed by atoms with Gasteiger partial charge >= 0.3 is 83.5 Å². The molecule has 0 radical (unpaired) electrons. The molecule has 0 aromatic rings. The van der Waals surface area contributed by atoms with Gasteiger partial charge in [-0.15, -0.1) is 0 Å². The second-order valence-corrected chi connectivity index (χ2v) is 4.02. The molecule has 1 atom stereocenters. The molecule has 0 fully saturated rings. The van der Waals surface area contributed by atoms with Crippen LogP contribution in [0.25, 0.3) is 0 Å². The molecule has 0 bridgehead atoms. The van der Waals surface area contributed by atoms with Gasteiger partial charge in [-0.05, 0) is 0 Å². The Balaban J connectivity index is 3.93. The molecule has 0 N–H and O–H groups in total. The number of ketones is 2. The maximum atomic E-state index is 11.3. The molecule has 0 aromatic heterocycles. The van der Waals surface area contributed by atoms with E-state index in [4.69, 9.17) is 0 Å². The average molecular weight is 256 g/mol. The quantitative estimate of drug-likeness (QED) is 0.555. The van der Waals surface area contributed by atoms with Crippen molar-refractivity contribution in [2.45, 2.75) is 32.2 Å². The SMILES string of the molecule is CC(C)C(=O)CC(=O)C(C)[CH2][Ru]. The fourth-order valence-corrected chi connectivity index (χ4v) is 1.03. The summed E-state index contributed by atoms with van der Waals surface area (Å²) in [7, 11) is 0. The molecule has 71 valence electrons. The van der Waals surface area contributed by atoms with Crippen LogP contribution in [0, 0.1) is 11.8 Å². The van der Waals surface area contributed by atoms with Crippen LogP contribution in [0.5, 0.6) is 0 Å². The third-order valence-electron chi connectivity index (χ3n) is 1.76. The Bertz CT molecular complexity index is 175. The number of carbonyl (C=O) groups is 2. The number of hydrogen-bond acceptors (Lipinski definition) is 2. The van der Waals surface area contributed by atoms with Crippen LogP contribution in [-0.2, 0) is 27.9 Å². The second-order valence-electron chi connectivity index (χ2n) is 3.31. The van der Waals surface area contributed by atoms with E-state index >= 15 is 0 Å². The Morgan fingerprint density at radius 2 is 1.67 bits per heavy atom. The zero-order chi connectivity index (χ0) is 9.72. The molecule has 0 aromatic carbocycles. The van der Waals surface area contributed by atoms with E-state index in [0.29, 0.717) is 0 Å². The molecule has 0 saturated heterocycles. The van der Waals surface area contributed by atoms with Crippen molar-refractivity contribution in [2.24, 2.45) is 11.8 Å². The molecule has 1 unspecified atom stereocenters. The summed E-state index contributed by atoms with van der Waals surface area (Å²) in [4.78, 5) is 22.4. The van der Waals surface area contributed by atoms with Crippen LogP contribution in [-0.4, -0.2) is 11.6 Å². The predicted molar refractivity (Wildman–Crippen MR) is 43.4 cm³/mol. The zero-order valence-corrected chi connectivity index (χ0v) is 9.48. The van der Waals surface area contributed by atoms with Gasteiger partial charge in [-0.25, -0.2) is 0 Å². The predicted octanol–water partition coefficient (Wildman–Crippen LogP) is 1.77. The van der Waals surface area contributed by atoms with Gasteiger partial charge in [0.2, 0.25) is 0 Å². The molecule has 0 aliphatic heterocycles. The molecule has 12 heavy (non-hydrogen) atoms. The van der Waals surface area contributed by atoms with Crippen molar-refractivity contribution in [2.75, 3.05) is 0 Å². The van der Waals surface area contributed by atoms with E-state index in [-0.39, 0.29) is 29.8 Å². The monoisotopic (exact) mass is 257 g/mol. The second kappa shape index (κ2) is 5.58. The summed E-state index contributed by atoms with van der Waals surface area (Å²) in [6.07, 6.45) is 0.107. The average Bonchev–Trinajstić information content (AvgIpc) is 2.02. The van der Waals surface area contributed by atoms with Crippen molar-refractivity contribution in [3.8, 4) is 0 Å². The molecule has 0 aliphatic carbocycles. The Morgan fingerprint density at radius 3 is 2.00 bits per heavy atom. The third-order valence-corrected chi connectivity index (χ3v) is 2.82. The summed E-state index contributed by atoms with van der Waals surface area (Å²) in [5.74, 6) is 0.0927. The minimum atomic E-state index is -0.0214. The first kappa shape index (κ1) is 12.0. The summed E-state index contributed by atoms with van der Waals surface area (Å²) in [5.41, 5.74) is 0. The van der Waals surface area contributed by atoms with Gasteiger partial charge in [-0.2, -0.15) is 0 Å². The number of rotatable bonds is 5. The normalized spacial score (nSPS) is 13.1. The van der Waals surface area contributed by atoms with Crippen molar-refractivity contribution in [1.82, 2.24) is 0 Å². The Kier molecular flexibility index (Phi) is 5.56. The molecule has 0 heterocycles. The van der Waals surface area contributed by atoms with Crippen LogP contribution >= 0.6 is 0 Å². The van der Waals surface area contributed by atoms with E-state index in [1.54, 1.807) is 0 Å². The minimum absolute atomic E-state index is 0.00380. The summed E-state index contributed by atoms with van der Waals surface area (Å²) in [5, 5.41) is 0.754. The van der Waals surface area contributed by atoms with Gasteiger partial charge in [0.15, 0.2) is 0 Å². The van der Waals surface area contributed by atoms with Crippen LogP contribution in [0.3, 0.4) is 0 Å². The van der Waals surface area contributed by atoms with E-state index in [2.05, 4.69) is 18.3 Å². The van der Waals surface area contributed by atoms with Crippen LogP contribution < -0.4 is 0 Å². The van der Waals surface area contributed by atoms with E-state index < -0.39 is 0 Å². The number of hydrogen-bond donors (Lipinski definition) is 0. The van der Waals surface area contributed by atoms with Crippen molar-refractivity contribution >= 4 is 11.6 Å². The summed E-state index contributed by atoms with van der Waals surface area (Å²) < 4.78 is 0.